The van der Waals surface area contributed by atoms with Gasteiger partial charge in [-0.25, -0.2) is 9.67 Å². The molecule has 6 rings (SSSR count). The first-order valence-corrected chi connectivity index (χ1v) is 10.5. The first-order chi connectivity index (χ1) is 13.5. The first-order valence-electron chi connectivity index (χ1n) is 10.5. The van der Waals surface area contributed by atoms with Crippen LogP contribution in [0.4, 0.5) is 5.82 Å². The minimum Gasteiger partial charge on any atom is -0.384 e. The van der Waals surface area contributed by atoms with Crippen LogP contribution in [0.5, 0.6) is 0 Å². The molecule has 0 radical (unpaired) electrons. The Morgan fingerprint density at radius 3 is 3.04 bits per heavy atom. The molecule has 28 heavy (non-hydrogen) atoms. The van der Waals surface area contributed by atoms with Gasteiger partial charge in [0.25, 0.3) is 5.91 Å². The fourth-order valence-electron chi connectivity index (χ4n) is 7.47. The first kappa shape index (κ1) is 16.6. The van der Waals surface area contributed by atoms with Crippen molar-refractivity contribution in [3.05, 3.63) is 35.7 Å². The molecule has 4 fully saturated rings. The Morgan fingerprint density at radius 1 is 1.29 bits per heavy atom. The van der Waals surface area contributed by atoms with E-state index in [4.69, 9.17) is 5.73 Å². The number of anilines is 1. The molecule has 2 heterocycles. The summed E-state index contributed by atoms with van der Waals surface area (Å²) in [6, 6.07) is 5.42. The van der Waals surface area contributed by atoms with E-state index < -0.39 is 0 Å². The van der Waals surface area contributed by atoms with Crippen LogP contribution in [-0.2, 0) is 0 Å². The van der Waals surface area contributed by atoms with Gasteiger partial charge in [0.1, 0.15) is 5.82 Å². The number of nitrogens with one attached hydrogen (secondary N) is 1. The van der Waals surface area contributed by atoms with Crippen LogP contribution in [0.1, 0.15) is 54.6 Å². The van der Waals surface area contributed by atoms with Gasteiger partial charge < -0.3 is 11.1 Å². The molecular weight excluding hydrogens is 350 g/mol. The lowest BCUT2D eigenvalue weighted by Crippen LogP contribution is -2.43. The summed E-state index contributed by atoms with van der Waals surface area (Å²) >= 11 is 0. The summed E-state index contributed by atoms with van der Waals surface area (Å²) in [7, 11) is 0. The number of nitrogens with zero attached hydrogens (tertiary/aromatic N) is 3. The molecule has 2 aromatic rings. The number of carbonyl (C=O) groups is 1. The van der Waals surface area contributed by atoms with Gasteiger partial charge in [0.15, 0.2) is 5.82 Å². The number of hydrogen-bond acceptors (Lipinski definition) is 4. The number of nitrogen functional groups attached to an aromatic ring is 1. The quantitative estimate of drug-likeness (QED) is 0.857. The lowest BCUT2D eigenvalue weighted by molar-refractivity contribution is -0.00254. The monoisotopic (exact) mass is 377 g/mol. The zero-order chi connectivity index (χ0) is 19.1. The number of rotatable bonds is 4. The molecule has 4 saturated carbocycles. The lowest BCUT2D eigenvalue weighted by atomic mass is 9.55. The standard InChI is InChI=1S/C22H27N5O/c1-13-17(10-27(26-13)19-4-2-3-18(23)25-19)20(28)24-12-21-7-14-5-15-6-16(9-21)22(15,8-14)11-21/h2-4,10,14-16H,5-9,11-12H2,1H3,(H2,23,25)(H,24,28). The molecule has 6 nitrogen and oxygen atoms in total. The number of nitrogens with two attached hydrogens (primary N) is 1. The van der Waals surface area contributed by atoms with Crippen molar-refractivity contribution in [3.63, 3.8) is 0 Å². The molecule has 5 atom stereocenters. The second-order valence-corrected chi connectivity index (χ2v) is 9.93. The van der Waals surface area contributed by atoms with E-state index in [1.165, 1.54) is 38.5 Å². The highest BCUT2D eigenvalue weighted by Crippen LogP contribution is 2.78. The molecule has 2 aromatic heterocycles. The van der Waals surface area contributed by atoms with Crippen LogP contribution in [0, 0.1) is 35.5 Å². The van der Waals surface area contributed by atoms with E-state index in [1.54, 1.807) is 16.9 Å². The summed E-state index contributed by atoms with van der Waals surface area (Å²) in [6.45, 7) is 2.69. The summed E-state index contributed by atoms with van der Waals surface area (Å²) in [5.41, 5.74) is 8.11. The molecule has 0 saturated heterocycles. The van der Waals surface area contributed by atoms with Crippen molar-refractivity contribution >= 4 is 11.7 Å². The molecule has 5 unspecified atom stereocenters. The fraction of sp³-hybridized carbons (Fsp3) is 0.591. The van der Waals surface area contributed by atoms with Gasteiger partial charge in [0, 0.05) is 12.7 Å². The maximum Gasteiger partial charge on any atom is 0.254 e. The third kappa shape index (κ3) is 2.17. The van der Waals surface area contributed by atoms with Crippen molar-refractivity contribution < 1.29 is 4.79 Å². The van der Waals surface area contributed by atoms with Gasteiger partial charge in [-0.05, 0) is 86.2 Å². The van der Waals surface area contributed by atoms with Crippen LogP contribution in [0.25, 0.3) is 5.82 Å². The van der Waals surface area contributed by atoms with Crippen molar-refractivity contribution in [3.8, 4) is 5.82 Å². The Bertz CT molecular complexity index is 979. The highest BCUT2D eigenvalue weighted by Gasteiger charge is 2.70. The predicted molar refractivity (Wildman–Crippen MR) is 106 cm³/mol. The van der Waals surface area contributed by atoms with E-state index >= 15 is 0 Å². The van der Waals surface area contributed by atoms with Crippen LogP contribution >= 0.6 is 0 Å². The zero-order valence-corrected chi connectivity index (χ0v) is 16.3. The van der Waals surface area contributed by atoms with Crippen LogP contribution in [0.2, 0.25) is 0 Å². The van der Waals surface area contributed by atoms with E-state index in [-0.39, 0.29) is 5.91 Å². The molecule has 0 aliphatic heterocycles. The van der Waals surface area contributed by atoms with Gasteiger partial charge in [0.05, 0.1) is 11.3 Å². The van der Waals surface area contributed by atoms with Crippen molar-refractivity contribution in [1.29, 1.82) is 0 Å². The van der Waals surface area contributed by atoms with E-state index in [2.05, 4.69) is 15.4 Å². The van der Waals surface area contributed by atoms with Gasteiger partial charge in [0.2, 0.25) is 0 Å². The molecule has 4 aliphatic rings. The fourth-order valence-corrected chi connectivity index (χ4v) is 7.47. The average Bonchev–Trinajstić information content (AvgIpc) is 3.20. The summed E-state index contributed by atoms with van der Waals surface area (Å²) in [4.78, 5) is 17.2. The van der Waals surface area contributed by atoms with Crippen LogP contribution in [-0.4, -0.2) is 27.2 Å². The molecule has 3 N–H and O–H groups in total. The van der Waals surface area contributed by atoms with Crippen LogP contribution < -0.4 is 11.1 Å². The minimum atomic E-state index is -0.0201. The van der Waals surface area contributed by atoms with Gasteiger partial charge in [-0.2, -0.15) is 5.10 Å². The van der Waals surface area contributed by atoms with E-state index in [1.807, 2.05) is 19.1 Å². The maximum atomic E-state index is 13.0. The third-order valence-electron chi connectivity index (χ3n) is 8.35. The average molecular weight is 377 g/mol. The maximum absolute atomic E-state index is 13.0. The normalized spacial score (nSPS) is 37.0. The molecule has 1 spiro atoms. The lowest BCUT2D eigenvalue weighted by Gasteiger charge is -2.49. The molecule has 6 heteroatoms. The number of aromatic nitrogens is 3. The zero-order valence-electron chi connectivity index (χ0n) is 16.3. The van der Waals surface area contributed by atoms with Gasteiger partial charge in [-0.15, -0.1) is 0 Å². The summed E-state index contributed by atoms with van der Waals surface area (Å²) in [5, 5.41) is 7.74. The van der Waals surface area contributed by atoms with Crippen molar-refractivity contribution in [2.45, 2.75) is 45.4 Å². The molecular formula is C22H27N5O. The number of aryl methyl sites for hydroxylation is 1. The Hall–Kier alpha value is -2.37. The highest BCUT2D eigenvalue weighted by atomic mass is 16.1. The van der Waals surface area contributed by atoms with E-state index in [0.717, 1.165) is 24.3 Å². The number of amides is 1. The minimum absolute atomic E-state index is 0.0201. The van der Waals surface area contributed by atoms with Crippen molar-refractivity contribution in [1.82, 2.24) is 20.1 Å². The van der Waals surface area contributed by atoms with E-state index in [0.29, 0.717) is 33.7 Å². The summed E-state index contributed by atoms with van der Waals surface area (Å²) < 4.78 is 1.64. The Labute approximate surface area is 164 Å². The smallest absolute Gasteiger partial charge is 0.254 e. The van der Waals surface area contributed by atoms with Crippen molar-refractivity contribution in [2.75, 3.05) is 12.3 Å². The molecule has 4 aliphatic carbocycles. The van der Waals surface area contributed by atoms with Crippen molar-refractivity contribution in [2.24, 2.45) is 28.6 Å². The predicted octanol–water partition coefficient (Wildman–Crippen LogP) is 3.10. The number of carbonyl (C=O) groups excluding carboxylic acids is 1. The van der Waals surface area contributed by atoms with Gasteiger partial charge in [-0.1, -0.05) is 6.07 Å². The topological polar surface area (TPSA) is 85.8 Å². The number of fused-ring (bicyclic) bond motifs is 2. The Balaban J connectivity index is 1.19. The summed E-state index contributed by atoms with van der Waals surface area (Å²) in [6.07, 6.45) is 10.1. The second-order valence-electron chi connectivity index (χ2n) is 9.93. The molecule has 1 amide bonds. The highest BCUT2D eigenvalue weighted by molar-refractivity contribution is 5.95. The van der Waals surface area contributed by atoms with Gasteiger partial charge >= 0.3 is 0 Å². The largest absolute Gasteiger partial charge is 0.384 e. The van der Waals surface area contributed by atoms with E-state index in [9.17, 15) is 4.79 Å². The third-order valence-corrected chi connectivity index (χ3v) is 8.35. The summed E-state index contributed by atoms with van der Waals surface area (Å²) in [5.74, 6) is 3.88. The molecule has 3 bridgehead atoms. The van der Waals surface area contributed by atoms with Gasteiger partial charge in [-0.3, -0.25) is 4.79 Å². The molecule has 146 valence electrons. The molecule has 0 aromatic carbocycles. The SMILES string of the molecule is Cc1nn(-c2cccc(N)n2)cc1C(=O)NCC12CC3CC4CC(C1)C4(C3)C2. The van der Waals surface area contributed by atoms with Crippen LogP contribution in [0.15, 0.2) is 24.4 Å². The second kappa shape index (κ2) is 5.37. The number of pyridine rings is 1. The Morgan fingerprint density at radius 2 is 2.18 bits per heavy atom. The van der Waals surface area contributed by atoms with Crippen LogP contribution in [0.3, 0.4) is 0 Å². The number of hydrogen-bond donors (Lipinski definition) is 2. The Kier molecular flexibility index (Phi) is 3.18.